The molecule has 0 spiro atoms. The minimum atomic E-state index is 0.772. The molecule has 2 heterocycles. The molecule has 0 N–H and O–H groups in total. The van der Waals surface area contributed by atoms with Crippen LogP contribution < -0.4 is 0 Å². The van der Waals surface area contributed by atoms with Gasteiger partial charge in [0.15, 0.2) is 5.58 Å². The quantitative estimate of drug-likeness (QED) is 0.289. The van der Waals surface area contributed by atoms with Gasteiger partial charge < -0.3 is 4.42 Å². The zero-order valence-corrected chi connectivity index (χ0v) is 18.0. The highest BCUT2D eigenvalue weighted by Gasteiger charge is 2.25. The first-order valence-corrected chi connectivity index (χ1v) is 11.3. The summed E-state index contributed by atoms with van der Waals surface area (Å²) in [6.07, 6.45) is 3.54. The van der Waals surface area contributed by atoms with Gasteiger partial charge in [0.2, 0.25) is 0 Å². The molecule has 0 fully saturated rings. The second-order valence-electron chi connectivity index (χ2n) is 8.57. The second-order valence-corrected chi connectivity index (χ2v) is 8.57. The summed E-state index contributed by atoms with van der Waals surface area (Å²) in [5, 5.41) is 2.41. The van der Waals surface area contributed by atoms with Gasteiger partial charge in [0.1, 0.15) is 23.3 Å². The van der Waals surface area contributed by atoms with E-state index in [1.54, 1.807) is 6.33 Å². The number of hydrogen-bond donors (Lipinski definition) is 0. The van der Waals surface area contributed by atoms with Gasteiger partial charge in [-0.2, -0.15) is 0 Å². The Morgan fingerprint density at radius 2 is 1.48 bits per heavy atom. The van der Waals surface area contributed by atoms with Crippen molar-refractivity contribution >= 4 is 21.9 Å². The zero-order chi connectivity index (χ0) is 21.8. The minimum Gasteiger partial charge on any atom is -0.456 e. The van der Waals surface area contributed by atoms with Crippen LogP contribution >= 0.6 is 0 Å². The van der Waals surface area contributed by atoms with Crippen LogP contribution in [0.4, 0.5) is 0 Å². The molecule has 2 aromatic heterocycles. The van der Waals surface area contributed by atoms with Crippen LogP contribution in [0.1, 0.15) is 11.3 Å². The van der Waals surface area contributed by atoms with Crippen LogP contribution in [0.25, 0.3) is 55.4 Å². The Morgan fingerprint density at radius 3 is 2.42 bits per heavy atom. The lowest BCUT2D eigenvalue weighted by molar-refractivity contribution is 0.545. The van der Waals surface area contributed by atoms with E-state index in [-0.39, 0.29) is 0 Å². The molecular formula is C30H20N2O. The summed E-state index contributed by atoms with van der Waals surface area (Å²) >= 11 is 0. The number of furan rings is 1. The SMILES string of the molecule is c1ccc(-c2cc(-c3ncnc4c5c(oc34)CCc3ccccc3-5)cc3ccccc23)cc1. The van der Waals surface area contributed by atoms with Crippen molar-refractivity contribution in [3.05, 3.63) is 109 Å². The Kier molecular flexibility index (Phi) is 3.97. The van der Waals surface area contributed by atoms with Crippen molar-refractivity contribution in [2.75, 3.05) is 0 Å². The van der Waals surface area contributed by atoms with Crippen LogP contribution in [-0.4, -0.2) is 9.97 Å². The summed E-state index contributed by atoms with van der Waals surface area (Å²) in [4.78, 5) is 9.39. The van der Waals surface area contributed by atoms with Crippen LogP contribution in [0.5, 0.6) is 0 Å². The van der Waals surface area contributed by atoms with Gasteiger partial charge in [-0.05, 0) is 51.6 Å². The van der Waals surface area contributed by atoms with Crippen molar-refractivity contribution in [2.45, 2.75) is 12.8 Å². The van der Waals surface area contributed by atoms with Gasteiger partial charge in [-0.3, -0.25) is 0 Å². The fraction of sp³-hybridized carbons (Fsp3) is 0.0667. The molecule has 0 saturated heterocycles. The van der Waals surface area contributed by atoms with Crippen molar-refractivity contribution in [2.24, 2.45) is 0 Å². The van der Waals surface area contributed by atoms with Gasteiger partial charge in [0.05, 0.1) is 5.56 Å². The molecule has 0 amide bonds. The van der Waals surface area contributed by atoms with E-state index in [4.69, 9.17) is 9.40 Å². The molecule has 3 heteroatoms. The molecule has 0 unspecified atom stereocenters. The first kappa shape index (κ1) is 18.3. The Morgan fingerprint density at radius 1 is 0.667 bits per heavy atom. The third kappa shape index (κ3) is 2.82. The highest BCUT2D eigenvalue weighted by molar-refractivity contribution is 6.04. The Balaban J connectivity index is 1.51. The summed E-state index contributed by atoms with van der Waals surface area (Å²) in [5.41, 5.74) is 9.64. The predicted molar refractivity (Wildman–Crippen MR) is 133 cm³/mol. The maximum Gasteiger partial charge on any atom is 0.179 e. The number of rotatable bonds is 2. The fourth-order valence-corrected chi connectivity index (χ4v) is 5.15. The number of benzene rings is 4. The summed E-state index contributed by atoms with van der Waals surface area (Å²) < 4.78 is 6.47. The normalized spacial score (nSPS) is 12.6. The van der Waals surface area contributed by atoms with Crippen LogP contribution in [0.15, 0.2) is 102 Å². The second kappa shape index (κ2) is 7.14. The van der Waals surface area contributed by atoms with Gasteiger partial charge in [-0.15, -0.1) is 0 Å². The molecule has 0 radical (unpaired) electrons. The smallest absolute Gasteiger partial charge is 0.179 e. The number of fused-ring (bicyclic) bond motifs is 6. The van der Waals surface area contributed by atoms with E-state index >= 15 is 0 Å². The average Bonchev–Trinajstić information content (AvgIpc) is 3.28. The first-order chi connectivity index (χ1) is 16.4. The molecular weight excluding hydrogens is 404 g/mol. The lowest BCUT2D eigenvalue weighted by Gasteiger charge is -2.14. The van der Waals surface area contributed by atoms with Crippen molar-refractivity contribution in [3.8, 4) is 33.5 Å². The predicted octanol–water partition coefficient (Wildman–Crippen LogP) is 7.48. The molecule has 6 aromatic rings. The van der Waals surface area contributed by atoms with Crippen molar-refractivity contribution < 1.29 is 4.42 Å². The molecule has 1 aliphatic carbocycles. The van der Waals surface area contributed by atoms with Gasteiger partial charge >= 0.3 is 0 Å². The van der Waals surface area contributed by atoms with Gasteiger partial charge in [-0.1, -0.05) is 78.9 Å². The lowest BCUT2D eigenvalue weighted by Crippen LogP contribution is -2.01. The van der Waals surface area contributed by atoms with E-state index < -0.39 is 0 Å². The van der Waals surface area contributed by atoms with Crippen molar-refractivity contribution in [1.82, 2.24) is 9.97 Å². The van der Waals surface area contributed by atoms with Crippen molar-refractivity contribution in [3.63, 3.8) is 0 Å². The van der Waals surface area contributed by atoms with Gasteiger partial charge in [0.25, 0.3) is 0 Å². The third-order valence-electron chi connectivity index (χ3n) is 6.67. The third-order valence-corrected chi connectivity index (χ3v) is 6.67. The average molecular weight is 425 g/mol. The molecule has 0 bridgehead atoms. The van der Waals surface area contributed by atoms with E-state index in [9.17, 15) is 0 Å². The molecule has 0 saturated carbocycles. The Labute approximate surface area is 191 Å². The van der Waals surface area contributed by atoms with E-state index in [1.807, 2.05) is 0 Å². The molecule has 33 heavy (non-hydrogen) atoms. The summed E-state index contributed by atoms with van der Waals surface area (Å²) in [6.45, 7) is 0. The van der Waals surface area contributed by atoms with Crippen LogP contribution in [0.2, 0.25) is 0 Å². The molecule has 7 rings (SSSR count). The molecule has 4 aromatic carbocycles. The molecule has 0 aliphatic heterocycles. The van der Waals surface area contributed by atoms with E-state index in [0.717, 1.165) is 46.5 Å². The number of aryl methyl sites for hydroxylation is 2. The fourth-order valence-electron chi connectivity index (χ4n) is 5.15. The lowest BCUT2D eigenvalue weighted by atomic mass is 9.89. The van der Waals surface area contributed by atoms with Crippen LogP contribution in [-0.2, 0) is 12.8 Å². The van der Waals surface area contributed by atoms with Crippen LogP contribution in [0, 0.1) is 0 Å². The number of hydrogen-bond acceptors (Lipinski definition) is 3. The largest absolute Gasteiger partial charge is 0.456 e. The Hall–Kier alpha value is -4.24. The van der Waals surface area contributed by atoms with E-state index in [1.165, 1.54) is 33.0 Å². The molecule has 0 atom stereocenters. The summed E-state index contributed by atoms with van der Waals surface area (Å²) in [5.74, 6) is 1.01. The number of nitrogens with zero attached hydrogens (tertiary/aromatic N) is 2. The highest BCUT2D eigenvalue weighted by Crippen LogP contribution is 2.43. The summed E-state index contributed by atoms with van der Waals surface area (Å²) in [7, 11) is 0. The molecule has 3 nitrogen and oxygen atoms in total. The Bertz CT molecular complexity index is 1660. The zero-order valence-electron chi connectivity index (χ0n) is 18.0. The maximum absolute atomic E-state index is 6.47. The van der Waals surface area contributed by atoms with E-state index in [0.29, 0.717) is 0 Å². The van der Waals surface area contributed by atoms with E-state index in [2.05, 4.69) is 96.0 Å². The molecule has 156 valence electrons. The van der Waals surface area contributed by atoms with Gasteiger partial charge in [0, 0.05) is 12.0 Å². The maximum atomic E-state index is 6.47. The monoisotopic (exact) mass is 424 g/mol. The minimum absolute atomic E-state index is 0.772. The standard InChI is InChI=1S/C30H20N2O/c1-2-8-19(9-3-1)25-17-22(16-21-11-5-6-12-23(21)25)28-30-29(32-18-31-28)27-24-13-7-4-10-20(24)14-15-26(27)33-30/h1-13,16-18H,14-15H2. The van der Waals surface area contributed by atoms with Crippen molar-refractivity contribution in [1.29, 1.82) is 0 Å². The summed E-state index contributed by atoms with van der Waals surface area (Å²) in [6, 6.07) is 32.0. The number of aromatic nitrogens is 2. The van der Waals surface area contributed by atoms with Crippen LogP contribution in [0.3, 0.4) is 0 Å². The first-order valence-electron chi connectivity index (χ1n) is 11.3. The van der Waals surface area contributed by atoms with Gasteiger partial charge in [-0.25, -0.2) is 9.97 Å². The topological polar surface area (TPSA) is 38.9 Å². The molecule has 1 aliphatic rings. The highest BCUT2D eigenvalue weighted by atomic mass is 16.3.